The van der Waals surface area contributed by atoms with Crippen molar-refractivity contribution in [3.05, 3.63) is 82.6 Å². The van der Waals surface area contributed by atoms with E-state index < -0.39 is 17.6 Å². The molecule has 0 bridgehead atoms. The number of hydrogen-bond acceptors (Lipinski definition) is 10. The fourth-order valence-corrected chi connectivity index (χ4v) is 6.37. The zero-order valence-electron chi connectivity index (χ0n) is 20.8. The van der Waals surface area contributed by atoms with E-state index in [2.05, 4.69) is 21.6 Å². The van der Waals surface area contributed by atoms with Crippen molar-refractivity contribution in [2.24, 2.45) is 5.73 Å². The van der Waals surface area contributed by atoms with Crippen LogP contribution in [0.15, 0.2) is 75.5 Å². The first-order valence-electron chi connectivity index (χ1n) is 12.0. The molecule has 0 spiro atoms. The van der Waals surface area contributed by atoms with Gasteiger partial charge in [0, 0.05) is 17.7 Å². The third-order valence-electron chi connectivity index (χ3n) is 6.40. The van der Waals surface area contributed by atoms with Gasteiger partial charge in [-0.25, -0.2) is 4.39 Å². The first-order chi connectivity index (χ1) is 18.9. The molecule has 3 N–H and O–H groups in total. The van der Waals surface area contributed by atoms with E-state index in [4.69, 9.17) is 10.5 Å². The van der Waals surface area contributed by atoms with E-state index in [-0.39, 0.29) is 28.6 Å². The lowest BCUT2D eigenvalue weighted by Crippen LogP contribution is -2.38. The summed E-state index contributed by atoms with van der Waals surface area (Å²) in [6.45, 7) is 0. The predicted molar refractivity (Wildman–Crippen MR) is 147 cm³/mol. The van der Waals surface area contributed by atoms with Gasteiger partial charge < -0.3 is 15.8 Å². The van der Waals surface area contributed by atoms with E-state index in [0.717, 1.165) is 17.3 Å². The molecule has 1 aliphatic carbocycles. The number of thioether (sulfide) groups is 1. The third kappa shape index (κ3) is 5.23. The number of carbonyl (C=O) groups excluding carboxylic acids is 2. The van der Waals surface area contributed by atoms with Gasteiger partial charge in [0.2, 0.25) is 11.0 Å². The van der Waals surface area contributed by atoms with E-state index in [1.165, 1.54) is 23.5 Å². The number of amides is 1. The predicted octanol–water partition coefficient (Wildman–Crippen LogP) is 4.72. The van der Waals surface area contributed by atoms with Crippen molar-refractivity contribution in [1.29, 1.82) is 5.26 Å². The molecule has 0 fully saturated rings. The van der Waals surface area contributed by atoms with Crippen molar-refractivity contribution in [2.75, 3.05) is 23.1 Å². The van der Waals surface area contributed by atoms with Crippen LogP contribution in [0.25, 0.3) is 0 Å². The minimum atomic E-state index is -0.618. The Morgan fingerprint density at radius 2 is 2.10 bits per heavy atom. The summed E-state index contributed by atoms with van der Waals surface area (Å²) in [4.78, 5) is 27.3. The molecule has 12 heteroatoms. The number of halogens is 1. The summed E-state index contributed by atoms with van der Waals surface area (Å²) in [5.41, 5.74) is 8.89. The monoisotopic (exact) mass is 562 g/mol. The molecule has 2 aromatic carbocycles. The SMILES string of the molecule is COc1cccc(C2C(C#N)=C(N)N(c3nnc(SCC(=O)Nc4ccccc4F)s3)C3=C2C(=O)CCC3)c1. The number of aromatic nitrogens is 2. The van der Waals surface area contributed by atoms with Gasteiger partial charge >= 0.3 is 0 Å². The van der Waals surface area contributed by atoms with Gasteiger partial charge in [-0.2, -0.15) is 5.26 Å². The molecule has 39 heavy (non-hydrogen) atoms. The van der Waals surface area contributed by atoms with Gasteiger partial charge in [0.25, 0.3) is 0 Å². The van der Waals surface area contributed by atoms with Crippen molar-refractivity contribution in [3.63, 3.8) is 0 Å². The van der Waals surface area contributed by atoms with Gasteiger partial charge in [0.1, 0.15) is 17.4 Å². The van der Waals surface area contributed by atoms with Crippen LogP contribution in [-0.4, -0.2) is 34.8 Å². The van der Waals surface area contributed by atoms with E-state index in [0.29, 0.717) is 45.8 Å². The van der Waals surface area contributed by atoms with Gasteiger partial charge in [-0.15, -0.1) is 10.2 Å². The van der Waals surface area contributed by atoms with Crippen molar-refractivity contribution in [3.8, 4) is 11.8 Å². The molecule has 198 valence electrons. The fourth-order valence-electron chi connectivity index (χ4n) is 4.69. The van der Waals surface area contributed by atoms with Gasteiger partial charge in [0.15, 0.2) is 10.1 Å². The summed E-state index contributed by atoms with van der Waals surface area (Å²) in [6, 6.07) is 15.4. The second-order valence-corrected chi connectivity index (χ2v) is 10.9. The Morgan fingerprint density at radius 3 is 2.87 bits per heavy atom. The molecular weight excluding hydrogens is 539 g/mol. The number of hydrogen-bond donors (Lipinski definition) is 2. The molecule has 3 aromatic rings. The van der Waals surface area contributed by atoms with E-state index in [9.17, 15) is 19.2 Å². The smallest absolute Gasteiger partial charge is 0.234 e. The molecule has 1 unspecified atom stereocenters. The van der Waals surface area contributed by atoms with Crippen LogP contribution in [0.4, 0.5) is 15.2 Å². The van der Waals surface area contributed by atoms with Crippen LogP contribution in [0, 0.1) is 17.1 Å². The number of ether oxygens (including phenoxy) is 1. The summed E-state index contributed by atoms with van der Waals surface area (Å²) in [5, 5.41) is 21.5. The molecule has 0 saturated heterocycles. The average Bonchev–Trinajstić information content (AvgIpc) is 3.41. The number of Topliss-reactive ketones (excluding diaryl/α,β-unsaturated/α-hetero) is 1. The lowest BCUT2D eigenvalue weighted by atomic mass is 9.76. The number of anilines is 2. The van der Waals surface area contributed by atoms with E-state index in [1.54, 1.807) is 30.2 Å². The number of nitrogens with zero attached hydrogens (tertiary/aromatic N) is 4. The maximum absolute atomic E-state index is 13.8. The van der Waals surface area contributed by atoms with Crippen molar-refractivity contribution >= 4 is 45.6 Å². The molecule has 5 rings (SSSR count). The van der Waals surface area contributed by atoms with Crippen LogP contribution >= 0.6 is 23.1 Å². The molecule has 0 saturated carbocycles. The molecule has 2 heterocycles. The Morgan fingerprint density at radius 1 is 1.28 bits per heavy atom. The van der Waals surface area contributed by atoms with Crippen molar-refractivity contribution in [2.45, 2.75) is 29.5 Å². The lowest BCUT2D eigenvalue weighted by molar-refractivity contribution is -0.116. The number of benzene rings is 2. The van der Waals surface area contributed by atoms with E-state index >= 15 is 0 Å². The molecule has 9 nitrogen and oxygen atoms in total. The fraction of sp³-hybridized carbons (Fsp3) is 0.222. The summed E-state index contributed by atoms with van der Waals surface area (Å²) in [7, 11) is 1.56. The highest BCUT2D eigenvalue weighted by Crippen LogP contribution is 2.47. The number of nitrogens with one attached hydrogen (secondary N) is 1. The largest absolute Gasteiger partial charge is 0.497 e. The zero-order valence-corrected chi connectivity index (χ0v) is 22.4. The molecular formula is C27H23FN6O3S2. The Kier molecular flexibility index (Phi) is 7.63. The van der Waals surface area contributed by atoms with Crippen LogP contribution < -0.4 is 20.7 Å². The summed E-state index contributed by atoms with van der Waals surface area (Å²) in [6.07, 6.45) is 1.60. The Labute approximate surface area is 232 Å². The number of carbonyl (C=O) groups is 2. The Balaban J connectivity index is 1.43. The minimum Gasteiger partial charge on any atom is -0.497 e. The minimum absolute atomic E-state index is 0.0118. The Hall–Kier alpha value is -4.21. The van der Waals surface area contributed by atoms with Crippen molar-refractivity contribution < 1.29 is 18.7 Å². The normalized spacial score (nSPS) is 17.1. The molecule has 1 atom stereocenters. The summed E-state index contributed by atoms with van der Waals surface area (Å²) in [5.74, 6) is -0.790. The molecule has 0 radical (unpaired) electrons. The standard InChI is InChI=1S/C27H23FN6O3S2/c1-37-16-7-4-6-15(12-16)23-17(13-29)25(30)34(20-10-5-11-21(35)24(20)23)26-32-33-27(39-26)38-14-22(36)31-19-9-3-2-8-18(19)28/h2-4,6-9,12,23H,5,10-11,14,30H2,1H3,(H,31,36). The van der Waals surface area contributed by atoms with E-state index in [1.807, 2.05) is 18.2 Å². The molecule has 1 amide bonds. The van der Waals surface area contributed by atoms with Gasteiger partial charge in [-0.1, -0.05) is 47.4 Å². The molecule has 2 aliphatic rings. The number of nitriles is 1. The van der Waals surface area contributed by atoms with Gasteiger partial charge in [-0.3, -0.25) is 14.5 Å². The van der Waals surface area contributed by atoms with Gasteiger partial charge in [-0.05, 0) is 42.7 Å². The third-order valence-corrected chi connectivity index (χ3v) is 8.44. The van der Waals surface area contributed by atoms with Crippen LogP contribution in [0.2, 0.25) is 0 Å². The van der Waals surface area contributed by atoms with Gasteiger partial charge in [0.05, 0.1) is 36.1 Å². The first kappa shape index (κ1) is 26.4. The second-order valence-electron chi connectivity index (χ2n) is 8.76. The zero-order chi connectivity index (χ0) is 27.5. The molecule has 1 aliphatic heterocycles. The highest BCUT2D eigenvalue weighted by molar-refractivity contribution is 8.01. The number of allylic oxidation sites excluding steroid dienone is 3. The summed E-state index contributed by atoms with van der Waals surface area (Å²) < 4.78 is 19.7. The summed E-state index contributed by atoms with van der Waals surface area (Å²) >= 11 is 2.33. The molecule has 1 aromatic heterocycles. The quantitative estimate of drug-likeness (QED) is 0.392. The highest BCUT2D eigenvalue weighted by atomic mass is 32.2. The second kappa shape index (κ2) is 11.3. The lowest BCUT2D eigenvalue weighted by Gasteiger charge is -2.38. The number of ketones is 1. The maximum atomic E-state index is 13.8. The van der Waals surface area contributed by atoms with Crippen LogP contribution in [0.3, 0.4) is 0 Å². The number of rotatable bonds is 7. The number of methoxy groups -OCH3 is 1. The number of para-hydroxylation sites is 1. The van der Waals surface area contributed by atoms with Crippen LogP contribution in [0.5, 0.6) is 5.75 Å². The average molecular weight is 563 g/mol. The number of nitrogens with two attached hydrogens (primary N) is 1. The highest BCUT2D eigenvalue weighted by Gasteiger charge is 2.41. The maximum Gasteiger partial charge on any atom is 0.234 e. The van der Waals surface area contributed by atoms with Crippen LogP contribution in [-0.2, 0) is 9.59 Å². The first-order valence-corrected chi connectivity index (χ1v) is 13.8. The Bertz CT molecular complexity index is 1560. The topological polar surface area (TPSA) is 134 Å². The van der Waals surface area contributed by atoms with Crippen LogP contribution in [0.1, 0.15) is 30.7 Å². The van der Waals surface area contributed by atoms with Crippen molar-refractivity contribution in [1.82, 2.24) is 10.2 Å².